The van der Waals surface area contributed by atoms with E-state index >= 15 is 0 Å². The van der Waals surface area contributed by atoms with Crippen LogP contribution in [0.25, 0.3) is 10.8 Å². The molecule has 2 aromatic rings. The minimum atomic E-state index is 0.329. The molecular weight excluding hydrogens is 288 g/mol. The number of alkyl halides is 1. The summed E-state index contributed by atoms with van der Waals surface area (Å²) in [4.78, 5) is 4.46. The first-order valence-corrected chi connectivity index (χ1v) is 7.82. The monoisotopic (exact) mass is 306 g/mol. The number of benzene rings is 1. The standard InChI is InChI=1S/C16H19ClN2O2/c1-11(3-2-5-17)19-16-13-10-15-14(20-7-8-21-15)9-12(13)4-6-18-16/h4,6,9-11H,2-3,5,7-8H2,1H3,(H,18,19). The van der Waals surface area contributed by atoms with Crippen LogP contribution in [-0.4, -0.2) is 30.1 Å². The molecule has 21 heavy (non-hydrogen) atoms. The van der Waals surface area contributed by atoms with Crippen molar-refractivity contribution in [2.75, 3.05) is 24.4 Å². The number of pyridine rings is 1. The van der Waals surface area contributed by atoms with Crippen molar-refractivity contribution in [3.05, 3.63) is 24.4 Å². The van der Waals surface area contributed by atoms with Crippen LogP contribution in [0, 0.1) is 0 Å². The summed E-state index contributed by atoms with van der Waals surface area (Å²) in [6.45, 7) is 3.34. The van der Waals surface area contributed by atoms with Gasteiger partial charge >= 0.3 is 0 Å². The Labute approximate surface area is 129 Å². The van der Waals surface area contributed by atoms with Gasteiger partial charge in [0.15, 0.2) is 11.5 Å². The van der Waals surface area contributed by atoms with Crippen LogP contribution in [0.4, 0.5) is 5.82 Å². The van der Waals surface area contributed by atoms with Gasteiger partial charge in [0.05, 0.1) is 0 Å². The van der Waals surface area contributed by atoms with E-state index in [2.05, 4.69) is 17.2 Å². The van der Waals surface area contributed by atoms with E-state index in [9.17, 15) is 0 Å². The Morgan fingerprint density at radius 3 is 2.81 bits per heavy atom. The summed E-state index contributed by atoms with van der Waals surface area (Å²) in [6, 6.07) is 6.34. The zero-order valence-corrected chi connectivity index (χ0v) is 12.8. The number of ether oxygens (including phenoxy) is 2. The van der Waals surface area contributed by atoms with Crippen LogP contribution >= 0.6 is 11.6 Å². The lowest BCUT2D eigenvalue weighted by molar-refractivity contribution is 0.172. The number of aromatic nitrogens is 1. The molecule has 0 fully saturated rings. The molecule has 1 aromatic carbocycles. The number of rotatable bonds is 5. The summed E-state index contributed by atoms with van der Waals surface area (Å²) >= 11 is 5.75. The molecule has 1 aromatic heterocycles. The van der Waals surface area contributed by atoms with E-state index in [1.165, 1.54) is 0 Å². The second kappa shape index (κ2) is 6.39. The van der Waals surface area contributed by atoms with E-state index in [4.69, 9.17) is 21.1 Å². The van der Waals surface area contributed by atoms with Crippen molar-refractivity contribution in [2.24, 2.45) is 0 Å². The van der Waals surface area contributed by atoms with Crippen LogP contribution in [-0.2, 0) is 0 Å². The number of anilines is 1. The van der Waals surface area contributed by atoms with Gasteiger partial charge in [0, 0.05) is 23.5 Å². The first-order chi connectivity index (χ1) is 10.3. The van der Waals surface area contributed by atoms with Gasteiger partial charge in [-0.15, -0.1) is 11.6 Å². The van der Waals surface area contributed by atoms with Crippen LogP contribution in [0.5, 0.6) is 11.5 Å². The van der Waals surface area contributed by atoms with Crippen LogP contribution in [0.3, 0.4) is 0 Å². The van der Waals surface area contributed by atoms with E-state index in [0.717, 1.165) is 40.9 Å². The van der Waals surface area contributed by atoms with Gasteiger partial charge in [-0.05, 0) is 43.4 Å². The third kappa shape index (κ3) is 3.16. The van der Waals surface area contributed by atoms with Gasteiger partial charge in [-0.1, -0.05) is 0 Å². The highest BCUT2D eigenvalue weighted by atomic mass is 35.5. The number of fused-ring (bicyclic) bond motifs is 2. The summed E-state index contributed by atoms with van der Waals surface area (Å²) in [5.41, 5.74) is 0. The summed E-state index contributed by atoms with van der Waals surface area (Å²) in [7, 11) is 0. The summed E-state index contributed by atoms with van der Waals surface area (Å²) in [5.74, 6) is 3.17. The summed E-state index contributed by atoms with van der Waals surface area (Å²) in [6.07, 6.45) is 3.83. The predicted molar refractivity (Wildman–Crippen MR) is 85.8 cm³/mol. The second-order valence-corrected chi connectivity index (χ2v) is 5.63. The van der Waals surface area contributed by atoms with Gasteiger partial charge in [-0.25, -0.2) is 4.98 Å². The Morgan fingerprint density at radius 1 is 1.29 bits per heavy atom. The van der Waals surface area contributed by atoms with E-state index in [0.29, 0.717) is 25.1 Å². The smallest absolute Gasteiger partial charge is 0.162 e. The van der Waals surface area contributed by atoms with Gasteiger partial charge in [-0.2, -0.15) is 0 Å². The molecular formula is C16H19ClN2O2. The highest BCUT2D eigenvalue weighted by molar-refractivity contribution is 6.17. The molecule has 0 radical (unpaired) electrons. The molecule has 1 N–H and O–H groups in total. The Bertz CT molecular complexity index is 633. The molecule has 112 valence electrons. The first kappa shape index (κ1) is 14.3. The van der Waals surface area contributed by atoms with E-state index in [1.807, 2.05) is 24.4 Å². The summed E-state index contributed by atoms with van der Waals surface area (Å²) < 4.78 is 11.3. The maximum Gasteiger partial charge on any atom is 0.162 e. The normalized spacial score (nSPS) is 15.0. The molecule has 1 unspecified atom stereocenters. The lowest BCUT2D eigenvalue weighted by atomic mass is 10.1. The highest BCUT2D eigenvalue weighted by Gasteiger charge is 2.15. The molecule has 0 saturated carbocycles. The number of nitrogens with one attached hydrogen (secondary N) is 1. The van der Waals surface area contributed by atoms with Crippen LogP contribution in [0.1, 0.15) is 19.8 Å². The Balaban J connectivity index is 1.91. The number of hydrogen-bond acceptors (Lipinski definition) is 4. The van der Waals surface area contributed by atoms with Gasteiger partial charge in [0.25, 0.3) is 0 Å². The van der Waals surface area contributed by atoms with Gasteiger partial charge in [-0.3, -0.25) is 0 Å². The SMILES string of the molecule is CC(CCCCl)Nc1nccc2cc3c(cc12)OCCO3. The lowest BCUT2D eigenvalue weighted by Crippen LogP contribution is -2.17. The highest BCUT2D eigenvalue weighted by Crippen LogP contribution is 2.36. The van der Waals surface area contributed by atoms with Crippen molar-refractivity contribution in [1.29, 1.82) is 0 Å². The molecule has 0 aliphatic carbocycles. The lowest BCUT2D eigenvalue weighted by Gasteiger charge is -2.20. The van der Waals surface area contributed by atoms with Crippen LogP contribution in [0.15, 0.2) is 24.4 Å². The van der Waals surface area contributed by atoms with Crippen molar-refractivity contribution in [3.63, 3.8) is 0 Å². The van der Waals surface area contributed by atoms with E-state index < -0.39 is 0 Å². The van der Waals surface area contributed by atoms with Crippen molar-refractivity contribution in [1.82, 2.24) is 4.98 Å². The fourth-order valence-electron chi connectivity index (χ4n) is 2.51. The molecule has 0 saturated heterocycles. The molecule has 5 heteroatoms. The summed E-state index contributed by atoms with van der Waals surface area (Å²) in [5, 5.41) is 5.61. The molecule has 0 amide bonds. The van der Waals surface area contributed by atoms with Crippen LogP contribution < -0.4 is 14.8 Å². The predicted octanol–water partition coefficient (Wildman–Crippen LogP) is 3.83. The third-order valence-electron chi connectivity index (χ3n) is 3.58. The van der Waals surface area contributed by atoms with E-state index in [-0.39, 0.29) is 0 Å². The topological polar surface area (TPSA) is 43.4 Å². The molecule has 1 atom stereocenters. The Hall–Kier alpha value is -1.68. The first-order valence-electron chi connectivity index (χ1n) is 7.29. The zero-order valence-electron chi connectivity index (χ0n) is 12.1. The van der Waals surface area contributed by atoms with E-state index in [1.54, 1.807) is 0 Å². The zero-order chi connectivity index (χ0) is 14.7. The van der Waals surface area contributed by atoms with Crippen molar-refractivity contribution in [3.8, 4) is 11.5 Å². The maximum atomic E-state index is 5.75. The number of halogens is 1. The van der Waals surface area contributed by atoms with Gasteiger partial charge in [0.2, 0.25) is 0 Å². The minimum absolute atomic E-state index is 0.329. The Morgan fingerprint density at radius 2 is 2.05 bits per heavy atom. The van der Waals surface area contributed by atoms with Gasteiger partial charge < -0.3 is 14.8 Å². The van der Waals surface area contributed by atoms with Crippen LogP contribution in [0.2, 0.25) is 0 Å². The molecule has 2 heterocycles. The van der Waals surface area contributed by atoms with Gasteiger partial charge in [0.1, 0.15) is 19.0 Å². The molecule has 0 bridgehead atoms. The Kier molecular flexibility index (Phi) is 4.34. The number of nitrogens with zero attached hydrogens (tertiary/aromatic N) is 1. The average Bonchev–Trinajstić information content (AvgIpc) is 2.51. The van der Waals surface area contributed by atoms with Crippen molar-refractivity contribution in [2.45, 2.75) is 25.8 Å². The number of hydrogen-bond donors (Lipinski definition) is 1. The quantitative estimate of drug-likeness (QED) is 0.853. The molecule has 1 aliphatic heterocycles. The second-order valence-electron chi connectivity index (χ2n) is 5.25. The molecule has 3 rings (SSSR count). The fourth-order valence-corrected chi connectivity index (χ4v) is 2.67. The molecule has 1 aliphatic rings. The maximum absolute atomic E-state index is 5.75. The largest absolute Gasteiger partial charge is 0.486 e. The minimum Gasteiger partial charge on any atom is -0.486 e. The average molecular weight is 307 g/mol. The van der Waals surface area contributed by atoms with Crippen molar-refractivity contribution >= 4 is 28.2 Å². The van der Waals surface area contributed by atoms with Crippen molar-refractivity contribution < 1.29 is 9.47 Å². The molecule has 0 spiro atoms. The fraction of sp³-hybridized carbons (Fsp3) is 0.438. The third-order valence-corrected chi connectivity index (χ3v) is 3.85. The molecule has 4 nitrogen and oxygen atoms in total.